The van der Waals surface area contributed by atoms with Gasteiger partial charge in [-0.25, -0.2) is 4.79 Å². The summed E-state index contributed by atoms with van der Waals surface area (Å²) >= 11 is 0. The molecule has 4 aromatic rings. The Balaban J connectivity index is 1.82. The highest BCUT2D eigenvalue weighted by Crippen LogP contribution is 2.31. The number of fused-ring (bicyclic) bond motifs is 1. The predicted octanol–water partition coefficient (Wildman–Crippen LogP) is 5.05. The van der Waals surface area contributed by atoms with Gasteiger partial charge in [0.1, 0.15) is 5.58 Å². The molecule has 4 rings (SSSR count). The van der Waals surface area contributed by atoms with Gasteiger partial charge in [0.05, 0.1) is 10.9 Å². The molecule has 0 radical (unpaired) electrons. The maximum absolute atomic E-state index is 13.2. The minimum Gasteiger partial charge on any atom is -0.452 e. The van der Waals surface area contributed by atoms with Crippen LogP contribution < -0.4 is 15.1 Å². The zero-order chi connectivity index (χ0) is 21.3. The van der Waals surface area contributed by atoms with E-state index in [9.17, 15) is 9.59 Å². The number of esters is 1. The first-order chi connectivity index (χ1) is 14.4. The van der Waals surface area contributed by atoms with Crippen LogP contribution in [0.1, 0.15) is 15.9 Å². The van der Waals surface area contributed by atoms with Crippen molar-refractivity contribution in [3.05, 3.63) is 94.1 Å². The van der Waals surface area contributed by atoms with Gasteiger partial charge in [0.25, 0.3) is 0 Å². The molecule has 0 fully saturated rings. The number of carbonyl (C=O) groups is 1. The second-order valence-corrected chi connectivity index (χ2v) is 7.29. The molecule has 0 bridgehead atoms. The third-order valence-corrected chi connectivity index (χ3v) is 4.86. The third-order valence-electron chi connectivity index (χ3n) is 4.86. The van der Waals surface area contributed by atoms with Gasteiger partial charge in [0.15, 0.2) is 5.76 Å². The molecule has 0 N–H and O–H groups in total. The Hall–Kier alpha value is -3.86. The van der Waals surface area contributed by atoms with Crippen LogP contribution in [0.3, 0.4) is 0 Å². The van der Waals surface area contributed by atoms with Crippen molar-refractivity contribution in [1.29, 1.82) is 0 Å². The van der Waals surface area contributed by atoms with Crippen LogP contribution in [0.4, 0.5) is 5.69 Å². The van der Waals surface area contributed by atoms with Gasteiger partial charge in [0, 0.05) is 25.3 Å². The van der Waals surface area contributed by atoms with E-state index in [0.29, 0.717) is 22.1 Å². The van der Waals surface area contributed by atoms with Crippen LogP contribution in [0.2, 0.25) is 0 Å². The van der Waals surface area contributed by atoms with Crippen LogP contribution in [0, 0.1) is 6.92 Å². The molecule has 0 aliphatic rings. The fourth-order valence-electron chi connectivity index (χ4n) is 3.20. The highest BCUT2D eigenvalue weighted by Gasteiger charge is 2.21. The highest BCUT2D eigenvalue weighted by atomic mass is 16.5. The molecule has 1 heterocycles. The van der Waals surface area contributed by atoms with Crippen LogP contribution >= 0.6 is 0 Å². The number of nitrogens with zero attached hydrogens (tertiary/aromatic N) is 1. The van der Waals surface area contributed by atoms with E-state index in [2.05, 4.69) is 0 Å². The minimum atomic E-state index is -0.615. The molecule has 0 aliphatic heterocycles. The van der Waals surface area contributed by atoms with E-state index >= 15 is 0 Å². The van der Waals surface area contributed by atoms with E-state index in [4.69, 9.17) is 9.15 Å². The largest absolute Gasteiger partial charge is 0.452 e. The van der Waals surface area contributed by atoms with E-state index in [1.807, 2.05) is 74.4 Å². The molecule has 1 aromatic heterocycles. The van der Waals surface area contributed by atoms with Gasteiger partial charge in [0.2, 0.25) is 11.2 Å². The van der Waals surface area contributed by atoms with Gasteiger partial charge in [-0.05, 0) is 48.9 Å². The molecule has 30 heavy (non-hydrogen) atoms. The van der Waals surface area contributed by atoms with Gasteiger partial charge in [-0.2, -0.15) is 0 Å². The lowest BCUT2D eigenvalue weighted by molar-refractivity contribution is 0.0731. The number of aryl methyl sites for hydroxylation is 1. The van der Waals surface area contributed by atoms with E-state index in [1.54, 1.807) is 24.3 Å². The number of anilines is 1. The predicted molar refractivity (Wildman–Crippen MR) is 118 cm³/mol. The fourth-order valence-corrected chi connectivity index (χ4v) is 3.20. The third kappa shape index (κ3) is 3.70. The van der Waals surface area contributed by atoms with Crippen molar-refractivity contribution in [2.24, 2.45) is 0 Å². The van der Waals surface area contributed by atoms with Gasteiger partial charge >= 0.3 is 5.97 Å². The topological polar surface area (TPSA) is 59.8 Å². The van der Waals surface area contributed by atoms with E-state index in [0.717, 1.165) is 11.3 Å². The number of rotatable bonds is 4. The molecule has 3 aromatic carbocycles. The van der Waals surface area contributed by atoms with Crippen LogP contribution in [0.5, 0.6) is 5.75 Å². The summed E-state index contributed by atoms with van der Waals surface area (Å²) in [7, 11) is 3.84. The van der Waals surface area contributed by atoms with E-state index < -0.39 is 5.97 Å². The molecule has 0 atom stereocenters. The van der Waals surface area contributed by atoms with Gasteiger partial charge < -0.3 is 14.1 Å². The monoisotopic (exact) mass is 399 g/mol. The SMILES string of the molecule is Cc1ccc2c(=O)c(OC(=O)c3ccc(N(C)C)cc3)c(-c3ccccc3)oc2c1. The number of hydrogen-bond donors (Lipinski definition) is 0. The summed E-state index contributed by atoms with van der Waals surface area (Å²) in [5.41, 5.74) is 3.00. The minimum absolute atomic E-state index is 0.112. The van der Waals surface area contributed by atoms with Crippen LogP contribution in [-0.4, -0.2) is 20.1 Å². The lowest BCUT2D eigenvalue weighted by Crippen LogP contribution is -2.16. The smallest absolute Gasteiger partial charge is 0.343 e. The Morgan fingerprint density at radius 1 is 0.933 bits per heavy atom. The number of hydrogen-bond acceptors (Lipinski definition) is 5. The van der Waals surface area contributed by atoms with Gasteiger partial charge in [-0.15, -0.1) is 0 Å². The zero-order valence-corrected chi connectivity index (χ0v) is 17.0. The maximum Gasteiger partial charge on any atom is 0.343 e. The van der Waals surface area contributed by atoms with Crippen molar-refractivity contribution < 1.29 is 13.9 Å². The summed E-state index contributed by atoms with van der Waals surface area (Å²) in [5, 5.41) is 0.367. The normalized spacial score (nSPS) is 10.8. The molecule has 0 amide bonds. The van der Waals surface area contributed by atoms with E-state index in [-0.39, 0.29) is 16.9 Å². The molecule has 0 spiro atoms. The molecule has 0 saturated carbocycles. The Morgan fingerprint density at radius 2 is 1.63 bits per heavy atom. The summed E-state index contributed by atoms with van der Waals surface area (Å²) in [4.78, 5) is 27.9. The molecule has 0 aliphatic carbocycles. The molecular weight excluding hydrogens is 378 g/mol. The second-order valence-electron chi connectivity index (χ2n) is 7.29. The lowest BCUT2D eigenvalue weighted by Gasteiger charge is -2.13. The van der Waals surface area contributed by atoms with Crippen molar-refractivity contribution in [3.63, 3.8) is 0 Å². The van der Waals surface area contributed by atoms with Crippen molar-refractivity contribution >= 4 is 22.6 Å². The van der Waals surface area contributed by atoms with Crippen LogP contribution in [0.15, 0.2) is 82.0 Å². The average Bonchev–Trinajstić information content (AvgIpc) is 2.76. The standard InChI is InChI=1S/C25H21NO4/c1-16-9-14-20-21(15-16)29-23(17-7-5-4-6-8-17)24(22(20)27)30-25(28)18-10-12-19(13-11-18)26(2)3/h4-15H,1-3H3. The Morgan fingerprint density at radius 3 is 2.30 bits per heavy atom. The number of ether oxygens (including phenoxy) is 1. The molecule has 0 saturated heterocycles. The highest BCUT2D eigenvalue weighted by molar-refractivity contribution is 5.93. The molecule has 0 unspecified atom stereocenters. The van der Waals surface area contributed by atoms with Crippen LogP contribution in [-0.2, 0) is 0 Å². The van der Waals surface area contributed by atoms with Crippen LogP contribution in [0.25, 0.3) is 22.3 Å². The first-order valence-corrected chi connectivity index (χ1v) is 9.56. The summed E-state index contributed by atoms with van der Waals surface area (Å²) in [5.74, 6) is -0.493. The second kappa shape index (κ2) is 7.87. The van der Waals surface area contributed by atoms with Gasteiger partial charge in [-0.3, -0.25) is 4.79 Å². The summed E-state index contributed by atoms with van der Waals surface area (Å²) in [6.45, 7) is 1.92. The molecular formula is C25H21NO4. The number of benzene rings is 3. The summed E-state index contributed by atoms with van der Waals surface area (Å²) in [6.07, 6.45) is 0. The van der Waals surface area contributed by atoms with Crippen molar-refractivity contribution in [2.45, 2.75) is 6.92 Å². The quantitative estimate of drug-likeness (QED) is 0.449. The number of carbonyl (C=O) groups excluding carboxylic acids is 1. The van der Waals surface area contributed by atoms with Crippen molar-refractivity contribution in [1.82, 2.24) is 0 Å². The fraction of sp³-hybridized carbons (Fsp3) is 0.120. The van der Waals surface area contributed by atoms with Crippen molar-refractivity contribution in [2.75, 3.05) is 19.0 Å². The first-order valence-electron chi connectivity index (χ1n) is 9.56. The summed E-state index contributed by atoms with van der Waals surface area (Å²) in [6, 6.07) is 21.5. The Kier molecular flexibility index (Phi) is 5.11. The Labute approximate surface area is 174 Å². The van der Waals surface area contributed by atoms with Crippen molar-refractivity contribution in [3.8, 4) is 17.1 Å². The zero-order valence-electron chi connectivity index (χ0n) is 17.0. The van der Waals surface area contributed by atoms with E-state index in [1.165, 1.54) is 0 Å². The average molecular weight is 399 g/mol. The molecule has 5 heteroatoms. The molecule has 150 valence electrons. The summed E-state index contributed by atoms with van der Waals surface area (Å²) < 4.78 is 11.6. The molecule has 5 nitrogen and oxygen atoms in total. The lowest BCUT2D eigenvalue weighted by atomic mass is 10.1. The maximum atomic E-state index is 13.2. The van der Waals surface area contributed by atoms with Gasteiger partial charge in [-0.1, -0.05) is 36.4 Å². The Bertz CT molecular complexity index is 1270. The first kappa shape index (κ1) is 19.5.